The maximum Gasteiger partial charge on any atom is 0.303 e. The summed E-state index contributed by atoms with van der Waals surface area (Å²) in [6.45, 7) is 4.21. The lowest BCUT2D eigenvalue weighted by molar-refractivity contribution is -0.137. The van der Waals surface area contributed by atoms with Gasteiger partial charge in [0.1, 0.15) is 5.75 Å². The van der Waals surface area contributed by atoms with E-state index in [1.807, 2.05) is 38.1 Å². The average molecular weight is 293 g/mol. The van der Waals surface area contributed by atoms with Crippen molar-refractivity contribution in [2.24, 2.45) is 0 Å². The van der Waals surface area contributed by atoms with Crippen LogP contribution in [0.2, 0.25) is 0 Å². The Kier molecular flexibility index (Phi) is 7.29. The van der Waals surface area contributed by atoms with Crippen LogP contribution in [0, 0.1) is 6.92 Å². The number of carboxylic acid groups (broad SMARTS) is 1. The van der Waals surface area contributed by atoms with Gasteiger partial charge in [0.25, 0.3) is 0 Å². The van der Waals surface area contributed by atoms with Crippen molar-refractivity contribution in [3.63, 3.8) is 0 Å². The molecule has 116 valence electrons. The van der Waals surface area contributed by atoms with Crippen LogP contribution in [0.4, 0.5) is 0 Å². The van der Waals surface area contributed by atoms with E-state index in [1.165, 1.54) is 0 Å². The number of rotatable bonds is 9. The standard InChI is InChI=1S/C16H23NO4/c1-12-6-8-14(9-7-12)21-11-10-15(18)17-13(2)4-3-5-16(19)20/h6-9,13H,3-5,10-11H2,1-2H3,(H,17,18)(H,19,20). The second-order valence-electron chi connectivity index (χ2n) is 5.17. The Morgan fingerprint density at radius 3 is 2.52 bits per heavy atom. The van der Waals surface area contributed by atoms with Crippen LogP contribution >= 0.6 is 0 Å². The first kappa shape index (κ1) is 17.0. The van der Waals surface area contributed by atoms with Crippen molar-refractivity contribution in [1.82, 2.24) is 5.32 Å². The van der Waals surface area contributed by atoms with Crippen LogP contribution in [0.15, 0.2) is 24.3 Å². The predicted molar refractivity (Wildman–Crippen MR) is 80.4 cm³/mol. The quantitative estimate of drug-likeness (QED) is 0.733. The second-order valence-corrected chi connectivity index (χ2v) is 5.17. The third kappa shape index (κ3) is 7.97. The SMILES string of the molecule is Cc1ccc(OCCC(=O)NC(C)CCCC(=O)O)cc1. The number of nitrogens with one attached hydrogen (secondary N) is 1. The molecule has 1 unspecified atom stereocenters. The third-order valence-electron chi connectivity index (χ3n) is 3.05. The second kappa shape index (κ2) is 9.00. The van der Waals surface area contributed by atoms with Crippen molar-refractivity contribution in [2.75, 3.05) is 6.61 Å². The Morgan fingerprint density at radius 1 is 1.24 bits per heavy atom. The van der Waals surface area contributed by atoms with Crippen LogP contribution in [-0.2, 0) is 9.59 Å². The van der Waals surface area contributed by atoms with E-state index in [4.69, 9.17) is 9.84 Å². The third-order valence-corrected chi connectivity index (χ3v) is 3.05. The van der Waals surface area contributed by atoms with Crippen LogP contribution < -0.4 is 10.1 Å². The maximum atomic E-state index is 11.7. The van der Waals surface area contributed by atoms with E-state index in [0.29, 0.717) is 19.4 Å². The fraction of sp³-hybridized carbons (Fsp3) is 0.500. The van der Waals surface area contributed by atoms with Crippen LogP contribution in [0.1, 0.15) is 38.2 Å². The topological polar surface area (TPSA) is 75.6 Å². The number of aliphatic carboxylic acids is 1. The number of benzene rings is 1. The Balaban J connectivity index is 2.15. The van der Waals surface area contributed by atoms with Gasteiger partial charge in [0.2, 0.25) is 5.91 Å². The summed E-state index contributed by atoms with van der Waals surface area (Å²) >= 11 is 0. The summed E-state index contributed by atoms with van der Waals surface area (Å²) in [5.74, 6) is -0.132. The van der Waals surface area contributed by atoms with Gasteiger partial charge in [0.15, 0.2) is 0 Å². The molecule has 5 nitrogen and oxygen atoms in total. The first-order chi connectivity index (χ1) is 9.97. The summed E-state index contributed by atoms with van der Waals surface area (Å²) in [5, 5.41) is 11.4. The van der Waals surface area contributed by atoms with Crippen molar-refractivity contribution in [2.45, 2.75) is 45.6 Å². The van der Waals surface area contributed by atoms with Gasteiger partial charge in [-0.05, 0) is 38.8 Å². The van der Waals surface area contributed by atoms with E-state index in [1.54, 1.807) is 0 Å². The van der Waals surface area contributed by atoms with E-state index < -0.39 is 5.97 Å². The normalized spacial score (nSPS) is 11.7. The molecule has 0 spiro atoms. The number of hydrogen-bond acceptors (Lipinski definition) is 3. The highest BCUT2D eigenvalue weighted by Gasteiger charge is 2.08. The van der Waals surface area contributed by atoms with Crippen molar-refractivity contribution in [3.8, 4) is 5.75 Å². The van der Waals surface area contributed by atoms with Gasteiger partial charge in [0.05, 0.1) is 13.0 Å². The van der Waals surface area contributed by atoms with E-state index in [-0.39, 0.29) is 24.8 Å². The fourth-order valence-electron chi connectivity index (χ4n) is 1.87. The molecule has 0 aliphatic heterocycles. The Labute approximate surface area is 125 Å². The Bertz CT molecular complexity index is 456. The molecule has 0 aromatic heterocycles. The molecule has 2 N–H and O–H groups in total. The molecule has 1 atom stereocenters. The highest BCUT2D eigenvalue weighted by atomic mass is 16.5. The zero-order chi connectivity index (χ0) is 15.7. The molecule has 1 amide bonds. The molecule has 1 aromatic carbocycles. The molecule has 0 bridgehead atoms. The van der Waals surface area contributed by atoms with Crippen LogP contribution in [-0.4, -0.2) is 29.6 Å². The summed E-state index contributed by atoms with van der Waals surface area (Å²) in [6.07, 6.45) is 1.65. The minimum Gasteiger partial charge on any atom is -0.493 e. The maximum absolute atomic E-state index is 11.7. The molecular formula is C16H23NO4. The van der Waals surface area contributed by atoms with Gasteiger partial charge in [-0.2, -0.15) is 0 Å². The molecule has 21 heavy (non-hydrogen) atoms. The lowest BCUT2D eigenvalue weighted by Crippen LogP contribution is -2.33. The number of carboxylic acids is 1. The number of hydrogen-bond donors (Lipinski definition) is 2. The molecule has 1 rings (SSSR count). The smallest absolute Gasteiger partial charge is 0.303 e. The van der Waals surface area contributed by atoms with Gasteiger partial charge in [0, 0.05) is 12.5 Å². The number of aryl methyl sites for hydroxylation is 1. The van der Waals surface area contributed by atoms with Crippen LogP contribution in [0.5, 0.6) is 5.75 Å². The van der Waals surface area contributed by atoms with Gasteiger partial charge < -0.3 is 15.2 Å². The summed E-state index contributed by atoms with van der Waals surface area (Å²) in [5.41, 5.74) is 1.16. The van der Waals surface area contributed by atoms with Crippen LogP contribution in [0.3, 0.4) is 0 Å². The molecule has 0 radical (unpaired) electrons. The number of carbonyl (C=O) groups excluding carboxylic acids is 1. The molecule has 0 fully saturated rings. The molecule has 0 heterocycles. The van der Waals surface area contributed by atoms with Gasteiger partial charge in [-0.3, -0.25) is 9.59 Å². The summed E-state index contributed by atoms with van der Waals surface area (Å²) in [4.78, 5) is 22.1. The minimum absolute atomic E-state index is 0.0174. The number of ether oxygens (including phenoxy) is 1. The Hall–Kier alpha value is -2.04. The largest absolute Gasteiger partial charge is 0.493 e. The first-order valence-corrected chi connectivity index (χ1v) is 7.18. The molecule has 0 aliphatic rings. The zero-order valence-electron chi connectivity index (χ0n) is 12.6. The predicted octanol–water partition coefficient (Wildman–Crippen LogP) is 2.52. The molecule has 0 saturated heterocycles. The minimum atomic E-state index is -0.806. The highest BCUT2D eigenvalue weighted by molar-refractivity contribution is 5.76. The van der Waals surface area contributed by atoms with Crippen molar-refractivity contribution >= 4 is 11.9 Å². The number of carbonyl (C=O) groups is 2. The lowest BCUT2D eigenvalue weighted by atomic mass is 10.1. The van der Waals surface area contributed by atoms with Crippen molar-refractivity contribution in [3.05, 3.63) is 29.8 Å². The van der Waals surface area contributed by atoms with E-state index in [9.17, 15) is 9.59 Å². The van der Waals surface area contributed by atoms with Gasteiger partial charge in [-0.1, -0.05) is 17.7 Å². The lowest BCUT2D eigenvalue weighted by Gasteiger charge is -2.13. The van der Waals surface area contributed by atoms with Crippen molar-refractivity contribution < 1.29 is 19.4 Å². The molecule has 0 aliphatic carbocycles. The first-order valence-electron chi connectivity index (χ1n) is 7.18. The Morgan fingerprint density at radius 2 is 1.90 bits per heavy atom. The molecular weight excluding hydrogens is 270 g/mol. The summed E-state index contributed by atoms with van der Waals surface area (Å²) in [6, 6.07) is 7.65. The monoisotopic (exact) mass is 293 g/mol. The van der Waals surface area contributed by atoms with Crippen LogP contribution in [0.25, 0.3) is 0 Å². The fourth-order valence-corrected chi connectivity index (χ4v) is 1.87. The summed E-state index contributed by atoms with van der Waals surface area (Å²) < 4.78 is 5.49. The highest BCUT2D eigenvalue weighted by Crippen LogP contribution is 2.11. The zero-order valence-corrected chi connectivity index (χ0v) is 12.6. The van der Waals surface area contributed by atoms with E-state index in [2.05, 4.69) is 5.32 Å². The van der Waals surface area contributed by atoms with E-state index in [0.717, 1.165) is 11.3 Å². The number of amides is 1. The molecule has 0 saturated carbocycles. The summed E-state index contributed by atoms with van der Waals surface area (Å²) in [7, 11) is 0. The van der Waals surface area contributed by atoms with Gasteiger partial charge in [-0.25, -0.2) is 0 Å². The van der Waals surface area contributed by atoms with Gasteiger partial charge in [-0.15, -0.1) is 0 Å². The van der Waals surface area contributed by atoms with Crippen molar-refractivity contribution in [1.29, 1.82) is 0 Å². The van der Waals surface area contributed by atoms with E-state index >= 15 is 0 Å². The molecule has 5 heteroatoms. The molecule has 1 aromatic rings. The average Bonchev–Trinajstić information content (AvgIpc) is 2.40. The van der Waals surface area contributed by atoms with Gasteiger partial charge >= 0.3 is 5.97 Å².